The van der Waals surface area contributed by atoms with Crippen molar-refractivity contribution in [1.29, 1.82) is 0 Å². The van der Waals surface area contributed by atoms with E-state index >= 15 is 0 Å². The molecule has 1 aliphatic rings. The highest BCUT2D eigenvalue weighted by atomic mass is 32.1. The largest absolute Gasteiger partial charge is 0.303 e. The van der Waals surface area contributed by atoms with Gasteiger partial charge in [-0.05, 0) is 42.2 Å². The number of carbonyl (C=O) groups is 1. The number of thiophene rings is 1. The molecular weight excluding hydrogens is 278 g/mol. The molecule has 0 aromatic carbocycles. The van der Waals surface area contributed by atoms with Gasteiger partial charge in [0.25, 0.3) is 0 Å². The van der Waals surface area contributed by atoms with Crippen LogP contribution in [-0.4, -0.2) is 12.5 Å². The summed E-state index contributed by atoms with van der Waals surface area (Å²) < 4.78 is 0. The van der Waals surface area contributed by atoms with Crippen molar-refractivity contribution in [3.8, 4) is 0 Å². The second-order valence-corrected chi connectivity index (χ2v) is 9.28. The summed E-state index contributed by atoms with van der Waals surface area (Å²) in [6, 6.07) is 2.17. The average Bonchev–Trinajstić information content (AvgIpc) is 2.59. The van der Waals surface area contributed by atoms with E-state index in [0.29, 0.717) is 11.8 Å². The van der Waals surface area contributed by atoms with Crippen LogP contribution in [0.5, 0.6) is 0 Å². The van der Waals surface area contributed by atoms with Gasteiger partial charge in [-0.25, -0.2) is 0 Å². The fourth-order valence-electron chi connectivity index (χ4n) is 3.31. The molecule has 2 rings (SSSR count). The van der Waals surface area contributed by atoms with Crippen LogP contribution in [0.4, 0.5) is 5.00 Å². The van der Waals surface area contributed by atoms with Crippen molar-refractivity contribution in [1.82, 2.24) is 0 Å². The zero-order valence-electron chi connectivity index (χ0n) is 14.7. The molecule has 1 aliphatic carbocycles. The summed E-state index contributed by atoms with van der Waals surface area (Å²) >= 11 is 1.74. The van der Waals surface area contributed by atoms with Crippen LogP contribution in [0.15, 0.2) is 6.07 Å². The first-order valence-corrected chi connectivity index (χ1v) is 8.70. The molecule has 0 atom stereocenters. The summed E-state index contributed by atoms with van der Waals surface area (Å²) in [5, 5.41) is 1.11. The number of amides is 1. The molecular formula is C18H29NOS. The smallest absolute Gasteiger partial charge is 0.231 e. The first-order valence-electron chi connectivity index (χ1n) is 7.88. The first kappa shape index (κ1) is 16.5. The minimum absolute atomic E-state index is 0.0979. The molecule has 1 aromatic heterocycles. The standard InChI is InChI=1S/C18H29NOS/c1-11(2)10-19(14-9-12(3)13(4)21-14)16(20)15-17(5,6)18(15,7)8/h9,11,15H,10H2,1-8H3. The zero-order valence-corrected chi connectivity index (χ0v) is 15.5. The Morgan fingerprint density at radius 3 is 2.10 bits per heavy atom. The maximum Gasteiger partial charge on any atom is 0.231 e. The van der Waals surface area contributed by atoms with E-state index in [1.165, 1.54) is 10.4 Å². The third kappa shape index (κ3) is 2.65. The lowest BCUT2D eigenvalue weighted by molar-refractivity contribution is -0.121. The number of rotatable bonds is 4. The Labute approximate surface area is 133 Å². The van der Waals surface area contributed by atoms with Crippen LogP contribution in [0, 0.1) is 36.5 Å². The third-order valence-electron chi connectivity index (χ3n) is 5.50. The second kappa shape index (κ2) is 5.12. The number of anilines is 1. The molecule has 1 fully saturated rings. The van der Waals surface area contributed by atoms with Gasteiger partial charge in [-0.2, -0.15) is 0 Å². The Kier molecular flexibility index (Phi) is 4.03. The molecule has 21 heavy (non-hydrogen) atoms. The molecule has 3 heteroatoms. The van der Waals surface area contributed by atoms with Crippen LogP contribution >= 0.6 is 11.3 Å². The molecule has 1 aromatic rings. The molecule has 0 saturated heterocycles. The van der Waals surface area contributed by atoms with Gasteiger partial charge in [-0.1, -0.05) is 41.5 Å². The van der Waals surface area contributed by atoms with Gasteiger partial charge in [0.05, 0.1) is 5.00 Å². The number of hydrogen-bond donors (Lipinski definition) is 0. The molecule has 0 bridgehead atoms. The highest BCUT2D eigenvalue weighted by molar-refractivity contribution is 7.16. The Balaban J connectivity index is 2.32. The number of hydrogen-bond acceptors (Lipinski definition) is 2. The number of carbonyl (C=O) groups excluding carboxylic acids is 1. The normalized spacial score (nSPS) is 19.9. The first-order chi connectivity index (χ1) is 9.50. The molecule has 1 amide bonds. The van der Waals surface area contributed by atoms with E-state index in [1.807, 2.05) is 4.90 Å². The minimum atomic E-state index is 0.0979. The molecule has 2 nitrogen and oxygen atoms in total. The molecule has 0 unspecified atom stereocenters. The topological polar surface area (TPSA) is 20.3 Å². The van der Waals surface area contributed by atoms with Crippen molar-refractivity contribution in [3.05, 3.63) is 16.5 Å². The lowest BCUT2D eigenvalue weighted by Gasteiger charge is -2.24. The lowest BCUT2D eigenvalue weighted by atomic mass is 10.0. The summed E-state index contributed by atoms with van der Waals surface area (Å²) in [4.78, 5) is 16.5. The second-order valence-electron chi connectivity index (χ2n) is 8.04. The number of nitrogens with zero attached hydrogens (tertiary/aromatic N) is 1. The zero-order chi connectivity index (χ0) is 16.2. The van der Waals surface area contributed by atoms with E-state index in [0.717, 1.165) is 11.5 Å². The van der Waals surface area contributed by atoms with Gasteiger partial charge in [0, 0.05) is 17.3 Å². The van der Waals surface area contributed by atoms with Crippen LogP contribution in [0.25, 0.3) is 0 Å². The SMILES string of the molecule is Cc1cc(N(CC(C)C)C(=O)C2C(C)(C)C2(C)C)sc1C. The highest BCUT2D eigenvalue weighted by Crippen LogP contribution is 2.69. The van der Waals surface area contributed by atoms with Crippen LogP contribution in [0.2, 0.25) is 0 Å². The van der Waals surface area contributed by atoms with Crippen LogP contribution in [0.1, 0.15) is 52.0 Å². The Bertz CT molecular complexity index is 520. The molecule has 0 N–H and O–H groups in total. The van der Waals surface area contributed by atoms with Crippen LogP contribution in [-0.2, 0) is 4.79 Å². The highest BCUT2D eigenvalue weighted by Gasteiger charge is 2.69. The van der Waals surface area contributed by atoms with Gasteiger partial charge >= 0.3 is 0 Å². The van der Waals surface area contributed by atoms with Crippen molar-refractivity contribution in [2.24, 2.45) is 22.7 Å². The fourth-order valence-corrected chi connectivity index (χ4v) is 4.35. The van der Waals surface area contributed by atoms with Crippen LogP contribution < -0.4 is 4.90 Å². The Morgan fingerprint density at radius 1 is 1.24 bits per heavy atom. The summed E-state index contributed by atoms with van der Waals surface area (Å²) in [5.41, 5.74) is 1.48. The monoisotopic (exact) mass is 307 g/mol. The third-order valence-corrected chi connectivity index (χ3v) is 6.68. The van der Waals surface area contributed by atoms with E-state index < -0.39 is 0 Å². The molecule has 0 aliphatic heterocycles. The van der Waals surface area contributed by atoms with Gasteiger partial charge in [0.15, 0.2) is 0 Å². The predicted molar refractivity (Wildman–Crippen MR) is 92.0 cm³/mol. The van der Waals surface area contributed by atoms with Gasteiger partial charge in [0.2, 0.25) is 5.91 Å². The van der Waals surface area contributed by atoms with Crippen molar-refractivity contribution in [2.75, 3.05) is 11.4 Å². The quantitative estimate of drug-likeness (QED) is 0.763. The summed E-state index contributed by atoms with van der Waals surface area (Å²) in [6.45, 7) is 18.3. The minimum Gasteiger partial charge on any atom is -0.303 e. The maximum absolute atomic E-state index is 13.1. The lowest BCUT2D eigenvalue weighted by Crippen LogP contribution is -2.36. The van der Waals surface area contributed by atoms with E-state index in [1.54, 1.807) is 11.3 Å². The molecule has 118 valence electrons. The van der Waals surface area contributed by atoms with Gasteiger partial charge in [0.1, 0.15) is 0 Å². The molecule has 0 spiro atoms. The van der Waals surface area contributed by atoms with Gasteiger partial charge in [-0.15, -0.1) is 11.3 Å². The Morgan fingerprint density at radius 2 is 1.76 bits per heavy atom. The molecule has 1 heterocycles. The summed E-state index contributed by atoms with van der Waals surface area (Å²) in [6.07, 6.45) is 0. The van der Waals surface area contributed by atoms with Crippen molar-refractivity contribution < 1.29 is 4.79 Å². The van der Waals surface area contributed by atoms with Crippen LogP contribution in [0.3, 0.4) is 0 Å². The number of aryl methyl sites for hydroxylation is 2. The fraction of sp³-hybridized carbons (Fsp3) is 0.722. The van der Waals surface area contributed by atoms with Crippen molar-refractivity contribution in [2.45, 2.75) is 55.4 Å². The Hall–Kier alpha value is -0.830. The average molecular weight is 308 g/mol. The molecule has 1 saturated carbocycles. The van der Waals surface area contributed by atoms with Gasteiger partial charge < -0.3 is 4.90 Å². The van der Waals surface area contributed by atoms with E-state index in [4.69, 9.17) is 0 Å². The van der Waals surface area contributed by atoms with E-state index in [2.05, 4.69) is 61.5 Å². The van der Waals surface area contributed by atoms with Gasteiger partial charge in [-0.3, -0.25) is 4.79 Å². The summed E-state index contributed by atoms with van der Waals surface area (Å²) in [7, 11) is 0. The van der Waals surface area contributed by atoms with Crippen molar-refractivity contribution >= 4 is 22.2 Å². The maximum atomic E-state index is 13.1. The predicted octanol–water partition coefficient (Wildman–Crippen LogP) is 5.04. The van der Waals surface area contributed by atoms with E-state index in [-0.39, 0.29) is 16.7 Å². The van der Waals surface area contributed by atoms with E-state index in [9.17, 15) is 4.79 Å². The molecule has 0 radical (unpaired) electrons. The summed E-state index contributed by atoms with van der Waals surface area (Å²) in [5.74, 6) is 0.910. The van der Waals surface area contributed by atoms with Crippen molar-refractivity contribution in [3.63, 3.8) is 0 Å².